The number of H-pyrrole nitrogens is 1. The SMILES string of the molecule is CCCc1cc(=O)oc2cc(OC(=O)[C@@H](Cc3c[nH]c4ccccc34)NS(=O)(=O)c3ccc(C)cc3)ccc12. The largest absolute Gasteiger partial charge is 0.425 e. The minimum atomic E-state index is -4.04. The first-order valence-electron chi connectivity index (χ1n) is 12.7. The van der Waals surface area contributed by atoms with Crippen LogP contribution in [0.25, 0.3) is 21.9 Å². The van der Waals surface area contributed by atoms with Gasteiger partial charge in [-0.1, -0.05) is 49.2 Å². The molecule has 0 unspecified atom stereocenters. The van der Waals surface area contributed by atoms with Gasteiger partial charge in [-0.25, -0.2) is 18.0 Å². The highest BCUT2D eigenvalue weighted by Crippen LogP contribution is 2.25. The number of carbonyl (C=O) groups excluding carboxylic acids is 1. The van der Waals surface area contributed by atoms with Crippen LogP contribution >= 0.6 is 0 Å². The zero-order chi connectivity index (χ0) is 27.6. The number of para-hydroxylation sites is 1. The van der Waals surface area contributed by atoms with E-state index in [4.69, 9.17) is 9.15 Å². The Balaban J connectivity index is 1.47. The maximum atomic E-state index is 13.5. The molecule has 200 valence electrons. The van der Waals surface area contributed by atoms with Gasteiger partial charge in [0.2, 0.25) is 10.0 Å². The van der Waals surface area contributed by atoms with Crippen molar-refractivity contribution in [1.82, 2.24) is 9.71 Å². The molecule has 0 aliphatic rings. The Labute approximate surface area is 225 Å². The fourth-order valence-corrected chi connectivity index (χ4v) is 5.79. The van der Waals surface area contributed by atoms with Crippen molar-refractivity contribution in [3.05, 3.63) is 106 Å². The topological polar surface area (TPSA) is 118 Å². The normalized spacial score (nSPS) is 12.6. The van der Waals surface area contributed by atoms with E-state index in [9.17, 15) is 18.0 Å². The van der Waals surface area contributed by atoms with Crippen LogP contribution in [0.1, 0.15) is 30.0 Å². The minimum Gasteiger partial charge on any atom is -0.425 e. The fourth-order valence-electron chi connectivity index (χ4n) is 4.60. The van der Waals surface area contributed by atoms with E-state index in [-0.39, 0.29) is 17.1 Å². The summed E-state index contributed by atoms with van der Waals surface area (Å²) in [6, 6.07) is 19.0. The minimum absolute atomic E-state index is 0.0424. The fraction of sp³-hybridized carbons (Fsp3) is 0.200. The maximum absolute atomic E-state index is 13.5. The Bertz CT molecular complexity index is 1820. The number of hydrogen-bond donors (Lipinski definition) is 2. The summed E-state index contributed by atoms with van der Waals surface area (Å²) in [4.78, 5) is 28.7. The van der Waals surface area contributed by atoms with Gasteiger partial charge in [0.25, 0.3) is 0 Å². The molecular formula is C30H28N2O6S. The van der Waals surface area contributed by atoms with Crippen molar-refractivity contribution in [3.63, 3.8) is 0 Å². The molecule has 0 saturated carbocycles. The number of esters is 1. The molecule has 0 fully saturated rings. The number of ether oxygens (including phenoxy) is 1. The summed E-state index contributed by atoms with van der Waals surface area (Å²) < 4.78 is 40.0. The number of benzene rings is 3. The number of carbonyl (C=O) groups is 1. The Kier molecular flexibility index (Phi) is 7.36. The molecule has 2 aromatic heterocycles. The summed E-state index contributed by atoms with van der Waals surface area (Å²) in [5.41, 5.74) is 3.20. The average Bonchev–Trinajstić information content (AvgIpc) is 3.31. The van der Waals surface area contributed by atoms with Crippen molar-refractivity contribution in [2.75, 3.05) is 0 Å². The standard InChI is InChI=1S/C30H28N2O6S/c1-3-6-20-16-29(33)38-28-17-22(11-14-25(20)28)37-30(34)27(15-21-18-31-26-8-5-4-7-24(21)26)32-39(35,36)23-12-9-19(2)10-13-23/h4-5,7-14,16-18,27,31-32H,3,6,15H2,1-2H3/t27-/m1/s1. The van der Waals surface area contributed by atoms with Crippen molar-refractivity contribution >= 4 is 37.9 Å². The van der Waals surface area contributed by atoms with Gasteiger partial charge < -0.3 is 14.1 Å². The van der Waals surface area contributed by atoms with E-state index >= 15 is 0 Å². The summed E-state index contributed by atoms with van der Waals surface area (Å²) in [6.07, 6.45) is 3.36. The molecule has 0 saturated heterocycles. The van der Waals surface area contributed by atoms with Crippen molar-refractivity contribution in [2.24, 2.45) is 0 Å². The lowest BCUT2D eigenvalue weighted by atomic mass is 10.1. The molecule has 5 aromatic rings. The van der Waals surface area contributed by atoms with Gasteiger partial charge >= 0.3 is 11.6 Å². The molecule has 9 heteroatoms. The van der Waals surface area contributed by atoms with Gasteiger partial charge in [0.05, 0.1) is 4.90 Å². The third-order valence-electron chi connectivity index (χ3n) is 6.55. The zero-order valence-electron chi connectivity index (χ0n) is 21.6. The van der Waals surface area contributed by atoms with Gasteiger partial charge in [-0.3, -0.25) is 0 Å². The second-order valence-electron chi connectivity index (χ2n) is 9.47. The number of aromatic nitrogens is 1. The van der Waals surface area contributed by atoms with Crippen LogP contribution in [0.2, 0.25) is 0 Å². The predicted octanol–water partition coefficient (Wildman–Crippen LogP) is 5.03. The molecule has 0 spiro atoms. The van der Waals surface area contributed by atoms with Crippen molar-refractivity contribution < 1.29 is 22.4 Å². The molecular weight excluding hydrogens is 516 g/mol. The summed E-state index contributed by atoms with van der Waals surface area (Å²) in [6.45, 7) is 3.87. The maximum Gasteiger partial charge on any atom is 0.336 e. The number of nitrogens with one attached hydrogen (secondary N) is 2. The van der Waals surface area contributed by atoms with Crippen molar-refractivity contribution in [2.45, 2.75) is 44.0 Å². The first kappa shape index (κ1) is 26.4. The highest BCUT2D eigenvalue weighted by molar-refractivity contribution is 7.89. The quantitative estimate of drug-likeness (QED) is 0.153. The van der Waals surface area contributed by atoms with Crippen LogP contribution in [0.3, 0.4) is 0 Å². The molecule has 1 atom stereocenters. The van der Waals surface area contributed by atoms with Crippen LogP contribution in [0.4, 0.5) is 0 Å². The smallest absolute Gasteiger partial charge is 0.336 e. The average molecular weight is 545 g/mol. The van der Waals surface area contributed by atoms with Gasteiger partial charge in [-0.2, -0.15) is 4.72 Å². The van der Waals surface area contributed by atoms with Gasteiger partial charge in [0.1, 0.15) is 17.4 Å². The molecule has 39 heavy (non-hydrogen) atoms. The van der Waals surface area contributed by atoms with Crippen LogP contribution in [0, 0.1) is 6.92 Å². The van der Waals surface area contributed by atoms with E-state index < -0.39 is 27.7 Å². The number of hydrogen-bond acceptors (Lipinski definition) is 6. The van der Waals surface area contributed by atoms with E-state index in [0.29, 0.717) is 12.0 Å². The van der Waals surface area contributed by atoms with Crippen molar-refractivity contribution in [3.8, 4) is 5.75 Å². The third-order valence-corrected chi connectivity index (χ3v) is 8.04. The number of rotatable bonds is 9. The Hall–Kier alpha value is -4.21. The molecule has 0 aliphatic carbocycles. The van der Waals surface area contributed by atoms with E-state index in [2.05, 4.69) is 9.71 Å². The third kappa shape index (κ3) is 5.79. The first-order chi connectivity index (χ1) is 18.7. The highest BCUT2D eigenvalue weighted by Gasteiger charge is 2.29. The zero-order valence-corrected chi connectivity index (χ0v) is 22.4. The Morgan fingerprint density at radius 2 is 1.77 bits per heavy atom. The molecule has 0 bridgehead atoms. The molecule has 0 amide bonds. The van der Waals surface area contributed by atoms with Gasteiger partial charge in [-0.15, -0.1) is 0 Å². The number of fused-ring (bicyclic) bond motifs is 2. The first-order valence-corrected chi connectivity index (χ1v) is 14.1. The lowest BCUT2D eigenvalue weighted by molar-refractivity contribution is -0.136. The molecule has 2 heterocycles. The molecule has 8 nitrogen and oxygen atoms in total. The molecule has 2 N–H and O–H groups in total. The van der Waals surface area contributed by atoms with Crippen molar-refractivity contribution in [1.29, 1.82) is 0 Å². The monoisotopic (exact) mass is 544 g/mol. The highest BCUT2D eigenvalue weighted by atomic mass is 32.2. The second kappa shape index (κ2) is 10.9. The molecule has 0 radical (unpaired) electrons. The predicted molar refractivity (Wildman–Crippen MR) is 149 cm³/mol. The van der Waals surface area contributed by atoms with Crippen LogP contribution in [-0.2, 0) is 27.7 Å². The summed E-state index contributed by atoms with van der Waals surface area (Å²) in [5.74, 6) is -0.648. The van der Waals surface area contributed by atoms with E-state index in [1.807, 2.05) is 38.1 Å². The van der Waals surface area contributed by atoms with E-state index in [1.54, 1.807) is 30.5 Å². The Morgan fingerprint density at radius 3 is 2.54 bits per heavy atom. The summed E-state index contributed by atoms with van der Waals surface area (Å²) in [5, 5.41) is 1.63. The summed E-state index contributed by atoms with van der Waals surface area (Å²) >= 11 is 0. The van der Waals surface area contributed by atoms with Crippen LogP contribution < -0.4 is 15.1 Å². The molecule has 3 aromatic carbocycles. The van der Waals surface area contributed by atoms with Crippen LogP contribution in [0.5, 0.6) is 5.75 Å². The molecule has 5 rings (SSSR count). The number of aryl methyl sites for hydroxylation is 2. The Morgan fingerprint density at radius 1 is 1.00 bits per heavy atom. The van der Waals surface area contributed by atoms with Gasteiger partial charge in [0, 0.05) is 41.0 Å². The van der Waals surface area contributed by atoms with Gasteiger partial charge in [-0.05, 0) is 54.8 Å². The lowest BCUT2D eigenvalue weighted by Crippen LogP contribution is -2.44. The van der Waals surface area contributed by atoms with Crippen LogP contribution in [-0.4, -0.2) is 25.4 Å². The lowest BCUT2D eigenvalue weighted by Gasteiger charge is -2.18. The van der Waals surface area contributed by atoms with Gasteiger partial charge in [0.15, 0.2) is 0 Å². The number of sulfonamides is 1. The second-order valence-corrected chi connectivity index (χ2v) is 11.2. The molecule has 0 aliphatic heterocycles. The van der Waals surface area contributed by atoms with E-state index in [1.165, 1.54) is 24.3 Å². The number of aromatic amines is 1. The van der Waals surface area contributed by atoms with E-state index in [0.717, 1.165) is 39.4 Å². The van der Waals surface area contributed by atoms with Crippen LogP contribution in [0.15, 0.2) is 93.1 Å². The summed E-state index contributed by atoms with van der Waals surface area (Å²) in [7, 11) is -4.04.